The van der Waals surface area contributed by atoms with Crippen LogP contribution in [0.3, 0.4) is 0 Å². The zero-order chi connectivity index (χ0) is 29.0. The summed E-state index contributed by atoms with van der Waals surface area (Å²) in [7, 11) is -4.03. The number of sulfonamides is 1. The Labute approximate surface area is 243 Å². The molecule has 0 saturated heterocycles. The Morgan fingerprint density at radius 1 is 1.02 bits per heavy atom. The molecule has 2 fully saturated rings. The number of hydrogen-bond donors (Lipinski definition) is 2. The van der Waals surface area contributed by atoms with Crippen LogP contribution < -0.4 is 4.72 Å². The van der Waals surface area contributed by atoms with Gasteiger partial charge in [-0.3, -0.25) is 24.3 Å². The van der Waals surface area contributed by atoms with E-state index in [1.54, 1.807) is 36.5 Å². The number of pyridine rings is 2. The predicted octanol–water partition coefficient (Wildman–Crippen LogP) is 4.77. The maximum absolute atomic E-state index is 14.1. The lowest BCUT2D eigenvalue weighted by Crippen LogP contribution is -2.33. The Kier molecular flexibility index (Phi) is 6.28. The molecule has 42 heavy (non-hydrogen) atoms. The summed E-state index contributed by atoms with van der Waals surface area (Å²) in [5.74, 6) is -0.778. The maximum Gasteiger partial charge on any atom is 0.239 e. The molecule has 10 heteroatoms. The molecule has 1 amide bonds. The van der Waals surface area contributed by atoms with Gasteiger partial charge in [0.05, 0.1) is 46.7 Å². The van der Waals surface area contributed by atoms with Gasteiger partial charge in [-0.15, -0.1) is 0 Å². The minimum Gasteiger partial charge on any atom is -0.357 e. The lowest BCUT2D eigenvalue weighted by molar-refractivity contribution is -0.118. The molecule has 0 spiro atoms. The minimum absolute atomic E-state index is 0.0531. The van der Waals surface area contributed by atoms with Crippen molar-refractivity contribution in [3.63, 3.8) is 0 Å². The number of amides is 1. The van der Waals surface area contributed by atoms with Gasteiger partial charge in [-0.05, 0) is 72.9 Å². The zero-order valence-corrected chi connectivity index (χ0v) is 23.4. The molecule has 4 aromatic rings. The van der Waals surface area contributed by atoms with Gasteiger partial charge < -0.3 is 4.98 Å². The monoisotopic (exact) mass is 577 g/mol. The number of aromatic nitrogens is 3. The van der Waals surface area contributed by atoms with Crippen molar-refractivity contribution in [2.24, 2.45) is 5.92 Å². The molecule has 1 atom stereocenters. The van der Waals surface area contributed by atoms with E-state index in [-0.39, 0.29) is 29.6 Å². The number of benzene rings is 1. The van der Waals surface area contributed by atoms with E-state index in [1.165, 1.54) is 12.3 Å². The van der Waals surface area contributed by atoms with Crippen molar-refractivity contribution >= 4 is 21.7 Å². The van der Waals surface area contributed by atoms with Gasteiger partial charge in [0.25, 0.3) is 0 Å². The molecule has 1 aromatic carbocycles. The van der Waals surface area contributed by atoms with E-state index in [2.05, 4.69) is 20.8 Å². The average Bonchev–Trinajstić information content (AvgIpc) is 3.91. The fraction of sp³-hybridized carbons (Fsp3) is 0.281. The summed E-state index contributed by atoms with van der Waals surface area (Å²) in [5.41, 5.74) is 6.42. The third kappa shape index (κ3) is 4.80. The Bertz CT molecular complexity index is 1900. The fourth-order valence-electron chi connectivity index (χ4n) is 6.09. The number of hydrogen-bond acceptors (Lipinski definition) is 7. The highest BCUT2D eigenvalue weighted by Gasteiger charge is 2.46. The number of fused-ring (bicyclic) bond motifs is 3. The highest BCUT2D eigenvalue weighted by Crippen LogP contribution is 2.55. The number of Topliss-reactive ketones (excluding diaryl/α,β-unsaturated/α-hetero) is 1. The Balaban J connectivity index is 1.23. The Morgan fingerprint density at radius 3 is 2.55 bits per heavy atom. The van der Waals surface area contributed by atoms with Gasteiger partial charge in [-0.25, -0.2) is 8.42 Å². The first kappa shape index (κ1) is 26.3. The highest BCUT2D eigenvalue weighted by molar-refractivity contribution is 7.89. The first-order chi connectivity index (χ1) is 20.3. The van der Waals surface area contributed by atoms with Gasteiger partial charge in [0.2, 0.25) is 15.9 Å². The van der Waals surface area contributed by atoms with Crippen LogP contribution >= 0.6 is 0 Å². The molecule has 2 N–H and O–H groups in total. The van der Waals surface area contributed by atoms with Crippen LogP contribution in [-0.4, -0.2) is 35.1 Å². The first-order valence-electron chi connectivity index (χ1n) is 14.0. The third-order valence-corrected chi connectivity index (χ3v) is 9.47. The summed E-state index contributed by atoms with van der Waals surface area (Å²) in [6.07, 6.45) is 7.16. The van der Waals surface area contributed by atoms with E-state index in [0.29, 0.717) is 34.0 Å². The number of nitrogens with one attached hydrogen (secondary N) is 2. The molecule has 0 bridgehead atoms. The van der Waals surface area contributed by atoms with Crippen molar-refractivity contribution in [2.75, 3.05) is 0 Å². The van der Waals surface area contributed by atoms with E-state index in [4.69, 9.17) is 4.98 Å². The van der Waals surface area contributed by atoms with Crippen LogP contribution in [0.15, 0.2) is 60.9 Å². The zero-order valence-electron chi connectivity index (χ0n) is 22.6. The van der Waals surface area contributed by atoms with Crippen LogP contribution in [0.2, 0.25) is 0 Å². The molecule has 3 aliphatic rings. The molecule has 3 aromatic heterocycles. The number of nitrogens with zero attached hydrogens (tertiary/aromatic N) is 3. The molecular weight excluding hydrogens is 550 g/mol. The quantitative estimate of drug-likeness (QED) is 0.307. The standard InChI is InChI=1S/C32H27N5O4S/c33-16-21-14-18(17-42(40,41)37-25(38)15-22-4-1-2-12-34-22)6-11-23(21)31-28-27(29(36-31)20-9-10-20)30-24(5-3-13-35-30)26(32(28)39)19-7-8-19/h1-6,11-14,19-20,26,36H,7-10,15,17H2,(H,37,38). The second kappa shape index (κ2) is 10.0. The Hall–Kier alpha value is -4.62. The second-order valence-corrected chi connectivity index (χ2v) is 13.1. The number of ketones is 1. The van der Waals surface area contributed by atoms with Crippen LogP contribution in [0.5, 0.6) is 0 Å². The lowest BCUT2D eigenvalue weighted by Gasteiger charge is -2.25. The van der Waals surface area contributed by atoms with E-state index < -0.39 is 21.7 Å². The van der Waals surface area contributed by atoms with Gasteiger partial charge in [0.1, 0.15) is 0 Å². The van der Waals surface area contributed by atoms with Crippen LogP contribution in [-0.2, 0) is 27.0 Å². The van der Waals surface area contributed by atoms with Crippen molar-refractivity contribution in [1.29, 1.82) is 5.26 Å². The average molecular weight is 578 g/mol. The topological polar surface area (TPSA) is 146 Å². The van der Waals surface area contributed by atoms with Crippen molar-refractivity contribution in [2.45, 2.75) is 49.7 Å². The van der Waals surface area contributed by atoms with E-state index in [9.17, 15) is 23.3 Å². The van der Waals surface area contributed by atoms with E-state index in [0.717, 1.165) is 48.2 Å². The predicted molar refractivity (Wildman–Crippen MR) is 155 cm³/mol. The summed E-state index contributed by atoms with van der Waals surface area (Å²) in [6.45, 7) is 0. The lowest BCUT2D eigenvalue weighted by atomic mass is 9.77. The summed E-state index contributed by atoms with van der Waals surface area (Å²) < 4.78 is 27.7. The van der Waals surface area contributed by atoms with Crippen LogP contribution in [0.1, 0.15) is 76.0 Å². The van der Waals surface area contributed by atoms with Crippen LogP contribution in [0.4, 0.5) is 0 Å². The summed E-state index contributed by atoms with van der Waals surface area (Å²) >= 11 is 0. The third-order valence-electron chi connectivity index (χ3n) is 8.22. The van der Waals surface area contributed by atoms with Crippen LogP contribution in [0, 0.1) is 17.2 Å². The SMILES string of the molecule is N#Cc1cc(CS(=O)(=O)NC(=O)Cc2ccccn2)ccc1-c1[nH]c(C2CC2)c2c1C(=O)C(C1CC1)c1cccnc1-2. The van der Waals surface area contributed by atoms with Gasteiger partial charge in [0, 0.05) is 34.9 Å². The minimum atomic E-state index is -4.03. The molecule has 3 aliphatic carbocycles. The van der Waals surface area contributed by atoms with Gasteiger partial charge in [0.15, 0.2) is 5.78 Å². The second-order valence-electron chi connectivity index (χ2n) is 11.3. The summed E-state index contributed by atoms with van der Waals surface area (Å²) in [5, 5.41) is 10.1. The largest absolute Gasteiger partial charge is 0.357 e. The number of H-pyrrole nitrogens is 1. The molecule has 0 radical (unpaired) electrons. The number of rotatable bonds is 8. The van der Waals surface area contributed by atoms with Crippen molar-refractivity contribution in [3.8, 4) is 28.6 Å². The molecule has 9 nitrogen and oxygen atoms in total. The van der Waals surface area contributed by atoms with Crippen molar-refractivity contribution in [1.82, 2.24) is 19.7 Å². The van der Waals surface area contributed by atoms with E-state index in [1.807, 2.05) is 12.1 Å². The Morgan fingerprint density at radius 2 is 1.83 bits per heavy atom. The van der Waals surface area contributed by atoms with Crippen LogP contribution in [0.25, 0.3) is 22.5 Å². The highest BCUT2D eigenvalue weighted by atomic mass is 32.2. The molecule has 3 heterocycles. The van der Waals surface area contributed by atoms with Crippen molar-refractivity contribution < 1.29 is 18.0 Å². The number of carbonyl (C=O) groups excluding carboxylic acids is 2. The molecule has 0 aliphatic heterocycles. The maximum atomic E-state index is 14.1. The molecule has 7 rings (SSSR count). The molecule has 1 unspecified atom stereocenters. The van der Waals surface area contributed by atoms with Gasteiger partial charge in [-0.1, -0.05) is 24.3 Å². The molecule has 210 valence electrons. The fourth-order valence-corrected chi connectivity index (χ4v) is 7.20. The number of aromatic amines is 1. The van der Waals surface area contributed by atoms with Crippen molar-refractivity contribution in [3.05, 3.63) is 94.6 Å². The number of carbonyl (C=O) groups is 2. The summed E-state index contributed by atoms with van der Waals surface area (Å²) in [6, 6.07) is 16.0. The van der Waals surface area contributed by atoms with Gasteiger partial charge in [-0.2, -0.15) is 5.26 Å². The van der Waals surface area contributed by atoms with Gasteiger partial charge >= 0.3 is 0 Å². The normalized spacial score (nSPS) is 17.7. The smallest absolute Gasteiger partial charge is 0.239 e. The summed E-state index contributed by atoms with van der Waals surface area (Å²) in [4.78, 5) is 38.8. The molecular formula is C32H27N5O4S. The molecule has 2 saturated carbocycles. The van der Waals surface area contributed by atoms with E-state index >= 15 is 0 Å². The first-order valence-corrected chi connectivity index (χ1v) is 15.7. The number of nitriles is 1.